The molecule has 1 aliphatic carbocycles. The summed E-state index contributed by atoms with van der Waals surface area (Å²) >= 11 is 2.37. The average molecular weight is 420 g/mol. The van der Waals surface area contributed by atoms with Crippen molar-refractivity contribution in [2.45, 2.75) is 83.7 Å². The second kappa shape index (κ2) is 6.32. The van der Waals surface area contributed by atoms with E-state index < -0.39 is 8.32 Å². The van der Waals surface area contributed by atoms with Crippen molar-refractivity contribution in [2.24, 2.45) is 0 Å². The smallest absolute Gasteiger partial charge is 0.192 e. The number of halogens is 1. The van der Waals surface area contributed by atoms with Crippen molar-refractivity contribution >= 4 is 30.9 Å². The van der Waals surface area contributed by atoms with Crippen LogP contribution < -0.4 is 0 Å². The van der Waals surface area contributed by atoms with Gasteiger partial charge in [0.05, 0.1) is 15.8 Å². The maximum absolute atomic E-state index is 6.57. The molecule has 0 unspecified atom stereocenters. The van der Waals surface area contributed by atoms with E-state index in [1.54, 1.807) is 0 Å². The lowest BCUT2D eigenvalue weighted by Crippen LogP contribution is -2.44. The highest BCUT2D eigenvalue weighted by atomic mass is 127. The zero-order valence-electron chi connectivity index (χ0n) is 14.2. The number of nitrogens with zero attached hydrogens (tertiary/aromatic N) is 2. The van der Waals surface area contributed by atoms with Crippen molar-refractivity contribution in [3.8, 4) is 0 Å². The molecular weight excluding hydrogens is 391 g/mol. The quantitative estimate of drug-likeness (QED) is 0.490. The normalized spacial score (nSPS) is 24.3. The molecular formula is C16H29IN2OSi. The zero-order valence-corrected chi connectivity index (χ0v) is 17.4. The Kier molecular flexibility index (Phi) is 5.25. The highest BCUT2D eigenvalue weighted by Crippen LogP contribution is 2.40. The summed E-state index contributed by atoms with van der Waals surface area (Å²) in [7, 11) is -1.62. The molecule has 0 aliphatic heterocycles. The molecule has 1 aromatic rings. The van der Waals surface area contributed by atoms with Crippen LogP contribution in [0.25, 0.3) is 0 Å². The van der Waals surface area contributed by atoms with Crippen molar-refractivity contribution in [2.75, 3.05) is 0 Å². The maximum atomic E-state index is 6.57. The summed E-state index contributed by atoms with van der Waals surface area (Å²) in [6, 6.07) is 0.563. The molecule has 120 valence electrons. The first kappa shape index (κ1) is 17.5. The largest absolute Gasteiger partial charge is 0.414 e. The Morgan fingerprint density at radius 1 is 1.24 bits per heavy atom. The third kappa shape index (κ3) is 3.91. The number of hydrogen-bond donors (Lipinski definition) is 0. The molecule has 0 atom stereocenters. The topological polar surface area (TPSA) is 27.1 Å². The molecule has 21 heavy (non-hydrogen) atoms. The summed E-state index contributed by atoms with van der Waals surface area (Å²) in [5.41, 5.74) is 1.31. The minimum Gasteiger partial charge on any atom is -0.414 e. The van der Waals surface area contributed by atoms with Gasteiger partial charge in [0, 0.05) is 11.8 Å². The Balaban J connectivity index is 1.94. The lowest BCUT2D eigenvalue weighted by atomic mass is 9.93. The molecule has 0 bridgehead atoms. The lowest BCUT2D eigenvalue weighted by molar-refractivity contribution is 0.115. The van der Waals surface area contributed by atoms with Gasteiger partial charge in [-0.25, -0.2) is 0 Å². The van der Waals surface area contributed by atoms with Gasteiger partial charge < -0.3 is 4.43 Å². The Bertz CT molecular complexity index is 485. The minimum atomic E-state index is -1.62. The van der Waals surface area contributed by atoms with Crippen molar-refractivity contribution in [3.05, 3.63) is 15.5 Å². The van der Waals surface area contributed by atoms with Crippen LogP contribution in [0.3, 0.4) is 0 Å². The summed E-state index contributed by atoms with van der Waals surface area (Å²) in [6.07, 6.45) is 7.17. The van der Waals surface area contributed by atoms with Crippen LogP contribution >= 0.6 is 22.6 Å². The van der Waals surface area contributed by atoms with Crippen LogP contribution in [0, 0.1) is 10.5 Å². The van der Waals surface area contributed by atoms with E-state index in [1.807, 2.05) is 6.20 Å². The molecule has 0 amide bonds. The van der Waals surface area contributed by atoms with Crippen molar-refractivity contribution in [3.63, 3.8) is 0 Å². The van der Waals surface area contributed by atoms with Gasteiger partial charge in [-0.15, -0.1) is 0 Å². The van der Waals surface area contributed by atoms with Crippen LogP contribution in [0.1, 0.15) is 58.2 Å². The standard InChI is InChI=1S/C16H29IN2OSi/c1-12-15(17)11-18-19(12)13-7-9-14(10-8-13)20-21(5,6)16(2,3)4/h11,13-14H,7-10H2,1-6H3/t13-,14+. The third-order valence-corrected chi connectivity index (χ3v) is 10.8. The second-order valence-corrected chi connectivity index (χ2v) is 13.7. The first-order valence-corrected chi connectivity index (χ1v) is 12.0. The molecule has 1 aliphatic rings. The van der Waals surface area contributed by atoms with Crippen LogP contribution in [0.2, 0.25) is 18.1 Å². The Labute approximate surface area is 144 Å². The lowest BCUT2D eigenvalue weighted by Gasteiger charge is -2.41. The molecule has 0 spiro atoms. The molecule has 1 saturated carbocycles. The van der Waals surface area contributed by atoms with Crippen molar-refractivity contribution in [1.82, 2.24) is 9.78 Å². The Morgan fingerprint density at radius 2 is 1.81 bits per heavy atom. The molecule has 0 aromatic carbocycles. The zero-order chi connectivity index (χ0) is 15.8. The van der Waals surface area contributed by atoms with Gasteiger partial charge in [0.25, 0.3) is 0 Å². The minimum absolute atomic E-state index is 0.304. The van der Waals surface area contributed by atoms with Crippen LogP contribution in [-0.2, 0) is 4.43 Å². The fraction of sp³-hybridized carbons (Fsp3) is 0.812. The van der Waals surface area contributed by atoms with Gasteiger partial charge in [-0.2, -0.15) is 5.10 Å². The van der Waals surface area contributed by atoms with E-state index in [2.05, 4.69) is 73.2 Å². The first-order chi connectivity index (χ1) is 9.62. The van der Waals surface area contributed by atoms with E-state index in [-0.39, 0.29) is 0 Å². The predicted molar refractivity (Wildman–Crippen MR) is 99.3 cm³/mol. The van der Waals surface area contributed by atoms with E-state index >= 15 is 0 Å². The van der Waals surface area contributed by atoms with E-state index in [0.29, 0.717) is 17.2 Å². The molecule has 3 nitrogen and oxygen atoms in total. The van der Waals surface area contributed by atoms with Gasteiger partial charge in [-0.05, 0) is 73.3 Å². The Morgan fingerprint density at radius 3 is 2.24 bits per heavy atom. The summed E-state index contributed by atoms with van der Waals surface area (Å²) in [4.78, 5) is 0. The van der Waals surface area contributed by atoms with Gasteiger partial charge >= 0.3 is 0 Å². The summed E-state index contributed by atoms with van der Waals surface area (Å²) < 4.78 is 10.1. The molecule has 0 radical (unpaired) electrons. The fourth-order valence-corrected chi connectivity index (χ4v) is 4.57. The van der Waals surface area contributed by atoms with E-state index in [9.17, 15) is 0 Å². The van der Waals surface area contributed by atoms with E-state index in [0.717, 1.165) is 0 Å². The third-order valence-electron chi connectivity index (χ3n) is 5.24. The Hall–Kier alpha value is 0.117. The molecule has 5 heteroatoms. The van der Waals surface area contributed by atoms with Crippen LogP contribution in [0.5, 0.6) is 0 Å². The molecule has 2 rings (SSSR count). The molecule has 1 fully saturated rings. The van der Waals surface area contributed by atoms with E-state index in [4.69, 9.17) is 4.43 Å². The number of hydrogen-bond acceptors (Lipinski definition) is 2. The van der Waals surface area contributed by atoms with Gasteiger partial charge in [0.15, 0.2) is 8.32 Å². The highest BCUT2D eigenvalue weighted by molar-refractivity contribution is 14.1. The molecule has 1 aromatic heterocycles. The van der Waals surface area contributed by atoms with Crippen molar-refractivity contribution in [1.29, 1.82) is 0 Å². The van der Waals surface area contributed by atoms with Gasteiger partial charge in [-0.3, -0.25) is 4.68 Å². The van der Waals surface area contributed by atoms with Gasteiger partial charge in [0.1, 0.15) is 0 Å². The second-order valence-electron chi connectivity index (χ2n) is 7.83. The molecule has 0 N–H and O–H groups in total. The SMILES string of the molecule is Cc1c(I)cnn1[C@H]1CC[C@@H](O[Si](C)(C)C(C)(C)C)CC1. The maximum Gasteiger partial charge on any atom is 0.192 e. The summed E-state index contributed by atoms with van der Waals surface area (Å²) in [6.45, 7) is 13.9. The van der Waals surface area contributed by atoms with E-state index in [1.165, 1.54) is 34.9 Å². The van der Waals surface area contributed by atoms with Crippen LogP contribution in [0.4, 0.5) is 0 Å². The molecule has 0 saturated heterocycles. The van der Waals surface area contributed by atoms with Crippen LogP contribution in [-0.4, -0.2) is 24.2 Å². The fourth-order valence-electron chi connectivity index (χ4n) is 2.77. The number of aromatic nitrogens is 2. The van der Waals surface area contributed by atoms with Gasteiger partial charge in [0.2, 0.25) is 0 Å². The van der Waals surface area contributed by atoms with Gasteiger partial charge in [-0.1, -0.05) is 20.8 Å². The average Bonchev–Trinajstić information content (AvgIpc) is 2.69. The first-order valence-electron chi connectivity index (χ1n) is 7.99. The number of rotatable bonds is 3. The van der Waals surface area contributed by atoms with Crippen molar-refractivity contribution < 1.29 is 4.43 Å². The summed E-state index contributed by atoms with van der Waals surface area (Å²) in [5, 5.41) is 4.86. The monoisotopic (exact) mass is 420 g/mol. The predicted octanol–water partition coefficient (Wildman–Crippen LogP) is 5.30. The molecule has 1 heterocycles. The highest BCUT2D eigenvalue weighted by Gasteiger charge is 2.40. The summed E-state index contributed by atoms with van der Waals surface area (Å²) in [5.74, 6) is 0. The van der Waals surface area contributed by atoms with Crippen LogP contribution in [0.15, 0.2) is 6.20 Å².